The van der Waals surface area contributed by atoms with Gasteiger partial charge < -0.3 is 4.74 Å². The van der Waals surface area contributed by atoms with E-state index < -0.39 is 9.84 Å². The molecule has 2 aliphatic rings. The Kier molecular flexibility index (Phi) is 0.646. The van der Waals surface area contributed by atoms with Crippen molar-refractivity contribution in [1.82, 2.24) is 0 Å². The van der Waals surface area contributed by atoms with Crippen LogP contribution in [-0.4, -0.2) is 32.1 Å². The van der Waals surface area contributed by atoms with Crippen molar-refractivity contribution in [3.8, 4) is 0 Å². The molecular weight excluding hydrogens is 128 g/mol. The van der Waals surface area contributed by atoms with Gasteiger partial charge in [-0.05, 0) is 0 Å². The molecule has 4 heteroatoms. The second-order valence-corrected chi connectivity index (χ2v) is 4.44. The standard InChI is InChI=1S/C4H6O3S/c5-8(6)1-3-4(2-8)7-3/h3-4H,1-2H2. The fourth-order valence-corrected chi connectivity index (χ4v) is 2.76. The molecule has 8 heavy (non-hydrogen) atoms. The predicted molar refractivity (Wildman–Crippen MR) is 27.3 cm³/mol. The van der Waals surface area contributed by atoms with Crippen molar-refractivity contribution < 1.29 is 13.2 Å². The van der Waals surface area contributed by atoms with E-state index in [1.165, 1.54) is 0 Å². The van der Waals surface area contributed by atoms with Gasteiger partial charge in [0.1, 0.15) is 0 Å². The zero-order valence-corrected chi connectivity index (χ0v) is 5.02. The van der Waals surface area contributed by atoms with Gasteiger partial charge in [-0.25, -0.2) is 8.42 Å². The van der Waals surface area contributed by atoms with Crippen LogP contribution in [0.25, 0.3) is 0 Å². The highest BCUT2D eigenvalue weighted by Crippen LogP contribution is 2.31. The average molecular weight is 134 g/mol. The van der Waals surface area contributed by atoms with E-state index in [0.29, 0.717) is 0 Å². The molecule has 2 unspecified atom stereocenters. The molecule has 0 aromatic heterocycles. The van der Waals surface area contributed by atoms with Crippen LogP contribution in [-0.2, 0) is 14.6 Å². The van der Waals surface area contributed by atoms with Gasteiger partial charge in [-0.1, -0.05) is 0 Å². The normalized spacial score (nSPS) is 48.5. The van der Waals surface area contributed by atoms with Crippen molar-refractivity contribution in [3.63, 3.8) is 0 Å². The van der Waals surface area contributed by atoms with Gasteiger partial charge in [-0.2, -0.15) is 0 Å². The SMILES string of the molecule is O=S1(=O)CC2OC2C1. The summed E-state index contributed by atoms with van der Waals surface area (Å²) in [5, 5.41) is 0. The Balaban J connectivity index is 2.30. The topological polar surface area (TPSA) is 46.7 Å². The Labute approximate surface area is 47.6 Å². The first-order chi connectivity index (χ1) is 3.67. The largest absolute Gasteiger partial charge is 0.367 e. The molecular formula is C4H6O3S. The fourth-order valence-electron chi connectivity index (χ4n) is 1.04. The third-order valence-electron chi connectivity index (χ3n) is 1.52. The van der Waals surface area contributed by atoms with E-state index in [9.17, 15) is 8.42 Å². The lowest BCUT2D eigenvalue weighted by Gasteiger charge is -1.89. The van der Waals surface area contributed by atoms with Gasteiger partial charge >= 0.3 is 0 Å². The van der Waals surface area contributed by atoms with Gasteiger partial charge in [-0.15, -0.1) is 0 Å². The monoisotopic (exact) mass is 134 g/mol. The smallest absolute Gasteiger partial charge is 0.155 e. The van der Waals surface area contributed by atoms with E-state index in [4.69, 9.17) is 4.74 Å². The van der Waals surface area contributed by atoms with E-state index in [1.54, 1.807) is 0 Å². The van der Waals surface area contributed by atoms with Crippen LogP contribution in [0.3, 0.4) is 0 Å². The Morgan fingerprint density at radius 2 is 1.75 bits per heavy atom. The summed E-state index contributed by atoms with van der Waals surface area (Å²) in [6.07, 6.45) is 0.139. The second kappa shape index (κ2) is 1.09. The first-order valence-corrected chi connectivity index (χ1v) is 4.35. The lowest BCUT2D eigenvalue weighted by atomic mass is 10.4. The molecule has 2 saturated heterocycles. The minimum atomic E-state index is -2.67. The Morgan fingerprint density at radius 1 is 1.25 bits per heavy atom. The number of hydrogen-bond donors (Lipinski definition) is 0. The first-order valence-electron chi connectivity index (χ1n) is 2.53. The second-order valence-electron chi connectivity index (χ2n) is 2.29. The molecule has 0 bridgehead atoms. The maximum Gasteiger partial charge on any atom is 0.155 e. The summed E-state index contributed by atoms with van der Waals surface area (Å²) in [6.45, 7) is 0. The highest BCUT2D eigenvalue weighted by atomic mass is 32.2. The molecule has 0 aromatic rings. The molecule has 0 aromatic carbocycles. The van der Waals surface area contributed by atoms with Crippen LogP contribution < -0.4 is 0 Å². The molecule has 0 N–H and O–H groups in total. The van der Waals surface area contributed by atoms with Crippen LogP contribution in [0.1, 0.15) is 0 Å². The molecule has 46 valence electrons. The van der Waals surface area contributed by atoms with Crippen LogP contribution in [0.15, 0.2) is 0 Å². The number of hydrogen-bond acceptors (Lipinski definition) is 3. The first kappa shape index (κ1) is 4.76. The molecule has 2 heterocycles. The quantitative estimate of drug-likeness (QED) is 0.407. The van der Waals surface area contributed by atoms with Crippen LogP contribution in [0.4, 0.5) is 0 Å². The van der Waals surface area contributed by atoms with Gasteiger partial charge in [0.05, 0.1) is 23.7 Å². The maximum atomic E-state index is 10.6. The van der Waals surface area contributed by atoms with Gasteiger partial charge in [0, 0.05) is 0 Å². The van der Waals surface area contributed by atoms with Gasteiger partial charge in [0.25, 0.3) is 0 Å². The van der Waals surface area contributed by atoms with E-state index in [-0.39, 0.29) is 23.7 Å². The summed E-state index contributed by atoms with van der Waals surface area (Å²) in [4.78, 5) is 0. The summed E-state index contributed by atoms with van der Waals surface area (Å²) in [6, 6.07) is 0. The van der Waals surface area contributed by atoms with Crippen molar-refractivity contribution in [2.45, 2.75) is 12.2 Å². The predicted octanol–water partition coefficient (Wildman–Crippen LogP) is -0.818. The molecule has 2 atom stereocenters. The number of epoxide rings is 1. The molecule has 0 radical (unpaired) electrons. The molecule has 2 fully saturated rings. The minimum absolute atomic E-state index is 0.0694. The highest BCUT2D eigenvalue weighted by Gasteiger charge is 2.51. The van der Waals surface area contributed by atoms with E-state index in [2.05, 4.69) is 0 Å². The maximum absolute atomic E-state index is 10.6. The summed E-state index contributed by atoms with van der Waals surface area (Å²) in [5.74, 6) is 0.523. The van der Waals surface area contributed by atoms with Crippen molar-refractivity contribution in [1.29, 1.82) is 0 Å². The van der Waals surface area contributed by atoms with E-state index in [1.807, 2.05) is 0 Å². The number of sulfone groups is 1. The summed E-state index contributed by atoms with van der Waals surface area (Å²) in [7, 11) is -2.67. The zero-order valence-electron chi connectivity index (χ0n) is 4.20. The molecule has 0 spiro atoms. The number of fused-ring (bicyclic) bond motifs is 1. The third-order valence-corrected chi connectivity index (χ3v) is 3.20. The van der Waals surface area contributed by atoms with Crippen molar-refractivity contribution in [2.24, 2.45) is 0 Å². The van der Waals surface area contributed by atoms with Crippen molar-refractivity contribution in [2.75, 3.05) is 11.5 Å². The number of ether oxygens (including phenoxy) is 1. The molecule has 0 saturated carbocycles. The lowest BCUT2D eigenvalue weighted by Crippen LogP contribution is -2.07. The van der Waals surface area contributed by atoms with Crippen LogP contribution in [0.2, 0.25) is 0 Å². The van der Waals surface area contributed by atoms with Gasteiger partial charge in [0.2, 0.25) is 0 Å². The van der Waals surface area contributed by atoms with Crippen molar-refractivity contribution in [3.05, 3.63) is 0 Å². The van der Waals surface area contributed by atoms with E-state index in [0.717, 1.165) is 0 Å². The minimum Gasteiger partial charge on any atom is -0.367 e. The Bertz CT molecular complexity index is 189. The van der Waals surface area contributed by atoms with Crippen LogP contribution in [0, 0.1) is 0 Å². The lowest BCUT2D eigenvalue weighted by molar-refractivity contribution is 0.380. The fraction of sp³-hybridized carbons (Fsp3) is 1.00. The zero-order chi connectivity index (χ0) is 5.78. The summed E-state index contributed by atoms with van der Waals surface area (Å²) >= 11 is 0. The molecule has 2 aliphatic heterocycles. The van der Waals surface area contributed by atoms with Crippen LogP contribution in [0.5, 0.6) is 0 Å². The average Bonchev–Trinajstić information content (AvgIpc) is 2.11. The summed E-state index contributed by atoms with van der Waals surface area (Å²) < 4.78 is 26.1. The van der Waals surface area contributed by atoms with Gasteiger partial charge in [0.15, 0.2) is 9.84 Å². The third kappa shape index (κ3) is 0.563. The molecule has 0 aliphatic carbocycles. The van der Waals surface area contributed by atoms with Crippen molar-refractivity contribution >= 4 is 9.84 Å². The molecule has 3 nitrogen and oxygen atoms in total. The Hall–Kier alpha value is -0.0900. The van der Waals surface area contributed by atoms with Crippen LogP contribution >= 0.6 is 0 Å². The van der Waals surface area contributed by atoms with E-state index >= 15 is 0 Å². The Morgan fingerprint density at radius 3 is 2.00 bits per heavy atom. The summed E-state index contributed by atoms with van der Waals surface area (Å²) in [5.41, 5.74) is 0. The molecule has 2 rings (SSSR count). The molecule has 0 amide bonds. The highest BCUT2D eigenvalue weighted by molar-refractivity contribution is 7.91. The number of rotatable bonds is 0. The van der Waals surface area contributed by atoms with Gasteiger partial charge in [-0.3, -0.25) is 0 Å².